The quantitative estimate of drug-likeness (QED) is 0.743. The maximum atomic E-state index is 12.3. The third-order valence-corrected chi connectivity index (χ3v) is 5.19. The molecule has 0 bridgehead atoms. The molecule has 2 atom stereocenters. The summed E-state index contributed by atoms with van der Waals surface area (Å²) in [4.78, 5) is 12.3. The van der Waals surface area contributed by atoms with Crippen LogP contribution in [0.5, 0.6) is 0 Å². The van der Waals surface area contributed by atoms with E-state index in [1.54, 1.807) is 0 Å². The Balaban J connectivity index is 1.78. The van der Waals surface area contributed by atoms with E-state index in [0.29, 0.717) is 18.3 Å². The number of carbonyl (C=O) groups excluding carboxylic acids is 1. The van der Waals surface area contributed by atoms with Gasteiger partial charge in [-0.05, 0) is 59.9 Å². The average Bonchev–Trinajstić information content (AvgIpc) is 2.55. The lowest BCUT2D eigenvalue weighted by Gasteiger charge is -2.37. The highest BCUT2D eigenvalue weighted by atomic mass is 16.1. The molecule has 2 aromatic carbocycles. The summed E-state index contributed by atoms with van der Waals surface area (Å²) in [6.07, 6.45) is 4.83. The summed E-state index contributed by atoms with van der Waals surface area (Å²) < 4.78 is 0. The Hall–Kier alpha value is -2.15. The second-order valence-electron chi connectivity index (χ2n) is 6.59. The first-order chi connectivity index (χ1) is 10.7. The number of allylic oxidation sites excluding steroid dienone is 2. The van der Waals surface area contributed by atoms with Crippen LogP contribution in [0, 0.1) is 12.8 Å². The van der Waals surface area contributed by atoms with Gasteiger partial charge in [-0.3, -0.25) is 4.79 Å². The number of carbonyl (C=O) groups is 1. The minimum atomic E-state index is 0.272. The number of hydrogen-bond acceptors (Lipinski definition) is 1. The summed E-state index contributed by atoms with van der Waals surface area (Å²) >= 11 is 0. The highest BCUT2D eigenvalue weighted by Gasteiger charge is 2.36. The average molecular weight is 288 g/mol. The van der Waals surface area contributed by atoms with Crippen molar-refractivity contribution in [1.82, 2.24) is 0 Å². The van der Waals surface area contributed by atoms with Gasteiger partial charge in [-0.15, -0.1) is 0 Å². The third-order valence-electron chi connectivity index (χ3n) is 5.19. The molecule has 1 heteroatoms. The van der Waals surface area contributed by atoms with E-state index < -0.39 is 0 Å². The van der Waals surface area contributed by atoms with Crippen LogP contribution in [0.2, 0.25) is 0 Å². The van der Waals surface area contributed by atoms with E-state index in [2.05, 4.69) is 55.5 Å². The van der Waals surface area contributed by atoms with Crippen LogP contribution in [0.15, 0.2) is 54.6 Å². The normalized spacial score (nSPS) is 23.5. The second-order valence-corrected chi connectivity index (χ2v) is 6.59. The zero-order valence-corrected chi connectivity index (χ0v) is 12.9. The van der Waals surface area contributed by atoms with Crippen molar-refractivity contribution in [3.8, 4) is 0 Å². The Labute approximate surface area is 131 Å². The molecule has 0 spiro atoms. The van der Waals surface area contributed by atoms with E-state index in [4.69, 9.17) is 0 Å². The van der Waals surface area contributed by atoms with Gasteiger partial charge < -0.3 is 0 Å². The van der Waals surface area contributed by atoms with Crippen molar-refractivity contribution >= 4 is 11.4 Å². The largest absolute Gasteiger partial charge is 0.295 e. The first kappa shape index (κ1) is 13.5. The molecule has 0 saturated carbocycles. The summed E-state index contributed by atoms with van der Waals surface area (Å²) in [5.41, 5.74) is 6.55. The predicted molar refractivity (Wildman–Crippen MR) is 89.8 cm³/mol. The molecular formula is C21H20O. The molecule has 4 rings (SSSR count). The van der Waals surface area contributed by atoms with E-state index in [-0.39, 0.29) is 5.78 Å². The summed E-state index contributed by atoms with van der Waals surface area (Å²) in [5, 5.41) is 0. The molecule has 0 aliphatic heterocycles. The summed E-state index contributed by atoms with van der Waals surface area (Å²) in [5.74, 6) is 1.11. The van der Waals surface area contributed by atoms with Gasteiger partial charge in [-0.1, -0.05) is 54.1 Å². The van der Waals surface area contributed by atoms with Crippen molar-refractivity contribution in [3.63, 3.8) is 0 Å². The van der Waals surface area contributed by atoms with Gasteiger partial charge in [0.05, 0.1) is 0 Å². The van der Waals surface area contributed by atoms with Crippen molar-refractivity contribution < 1.29 is 4.79 Å². The molecule has 2 aromatic rings. The van der Waals surface area contributed by atoms with Crippen LogP contribution in [0.25, 0.3) is 5.57 Å². The Morgan fingerprint density at radius 3 is 2.55 bits per heavy atom. The van der Waals surface area contributed by atoms with E-state index in [9.17, 15) is 4.79 Å². The standard InChI is InChI=1S/C21H20O/c1-14-6-8-16(9-7-14)20-12-17(22)13-21-18-5-3-2-4-15(18)10-11-19(20)21/h2-9,12,19,21H,10-11,13H2,1H3/t19-,21+/m1/s1. The molecule has 0 heterocycles. The molecule has 2 aliphatic carbocycles. The number of aryl methyl sites for hydroxylation is 2. The zero-order chi connectivity index (χ0) is 15.1. The Bertz CT molecular complexity index is 752. The number of benzene rings is 2. The van der Waals surface area contributed by atoms with Crippen molar-refractivity contribution in [2.24, 2.45) is 5.92 Å². The van der Waals surface area contributed by atoms with E-state index in [1.807, 2.05) is 6.08 Å². The Morgan fingerprint density at radius 1 is 0.955 bits per heavy atom. The number of fused-ring (bicyclic) bond motifs is 3. The van der Waals surface area contributed by atoms with Gasteiger partial charge in [-0.2, -0.15) is 0 Å². The molecule has 110 valence electrons. The summed E-state index contributed by atoms with van der Waals surface area (Å²) in [7, 11) is 0. The van der Waals surface area contributed by atoms with Gasteiger partial charge in [0.2, 0.25) is 0 Å². The molecule has 0 radical (unpaired) electrons. The predicted octanol–water partition coefficient (Wildman–Crippen LogP) is 4.70. The minimum Gasteiger partial charge on any atom is -0.295 e. The van der Waals surface area contributed by atoms with Crippen molar-refractivity contribution in [1.29, 1.82) is 0 Å². The van der Waals surface area contributed by atoms with E-state index in [1.165, 1.54) is 27.8 Å². The van der Waals surface area contributed by atoms with Crippen molar-refractivity contribution in [2.75, 3.05) is 0 Å². The molecule has 0 unspecified atom stereocenters. The highest BCUT2D eigenvalue weighted by molar-refractivity contribution is 6.00. The summed E-state index contributed by atoms with van der Waals surface area (Å²) in [6, 6.07) is 17.3. The minimum absolute atomic E-state index is 0.272. The summed E-state index contributed by atoms with van der Waals surface area (Å²) in [6.45, 7) is 2.10. The Kier molecular flexibility index (Phi) is 3.22. The van der Waals surface area contributed by atoms with Crippen LogP contribution in [0.4, 0.5) is 0 Å². The van der Waals surface area contributed by atoms with Crippen LogP contribution in [-0.4, -0.2) is 5.78 Å². The fourth-order valence-electron chi connectivity index (χ4n) is 4.08. The van der Waals surface area contributed by atoms with Gasteiger partial charge in [-0.25, -0.2) is 0 Å². The van der Waals surface area contributed by atoms with Gasteiger partial charge in [0.25, 0.3) is 0 Å². The maximum absolute atomic E-state index is 12.3. The highest BCUT2D eigenvalue weighted by Crippen LogP contribution is 2.47. The first-order valence-electron chi connectivity index (χ1n) is 8.11. The first-order valence-corrected chi connectivity index (χ1v) is 8.11. The number of ketones is 1. The van der Waals surface area contributed by atoms with Gasteiger partial charge in [0.1, 0.15) is 0 Å². The second kappa shape index (κ2) is 5.24. The van der Waals surface area contributed by atoms with Crippen LogP contribution >= 0.6 is 0 Å². The lowest BCUT2D eigenvalue weighted by molar-refractivity contribution is -0.115. The molecule has 0 amide bonds. The SMILES string of the molecule is Cc1ccc(C2=CC(=O)C[C@H]3c4ccccc4CC[C@H]23)cc1. The molecule has 1 nitrogen and oxygen atoms in total. The zero-order valence-electron chi connectivity index (χ0n) is 12.9. The van der Waals surface area contributed by atoms with Gasteiger partial charge in [0.15, 0.2) is 5.78 Å². The van der Waals surface area contributed by atoms with Crippen LogP contribution in [-0.2, 0) is 11.2 Å². The molecule has 0 N–H and O–H groups in total. The molecule has 0 fully saturated rings. The van der Waals surface area contributed by atoms with Gasteiger partial charge >= 0.3 is 0 Å². The van der Waals surface area contributed by atoms with Gasteiger partial charge in [0, 0.05) is 6.42 Å². The monoisotopic (exact) mass is 288 g/mol. The smallest absolute Gasteiger partial charge is 0.156 e. The Morgan fingerprint density at radius 2 is 1.73 bits per heavy atom. The van der Waals surface area contributed by atoms with E-state index >= 15 is 0 Å². The molecule has 22 heavy (non-hydrogen) atoms. The fourth-order valence-corrected chi connectivity index (χ4v) is 4.08. The topological polar surface area (TPSA) is 17.1 Å². The fraction of sp³-hybridized carbons (Fsp3) is 0.286. The van der Waals surface area contributed by atoms with E-state index in [0.717, 1.165) is 12.8 Å². The maximum Gasteiger partial charge on any atom is 0.156 e. The molecule has 0 saturated heterocycles. The molecular weight excluding hydrogens is 268 g/mol. The van der Waals surface area contributed by atoms with Crippen LogP contribution in [0.1, 0.15) is 41.0 Å². The lowest BCUT2D eigenvalue weighted by Crippen LogP contribution is -2.27. The van der Waals surface area contributed by atoms with Crippen molar-refractivity contribution in [2.45, 2.75) is 32.1 Å². The van der Waals surface area contributed by atoms with Crippen molar-refractivity contribution in [3.05, 3.63) is 76.9 Å². The van der Waals surface area contributed by atoms with Crippen LogP contribution < -0.4 is 0 Å². The van der Waals surface area contributed by atoms with Crippen LogP contribution in [0.3, 0.4) is 0 Å². The third kappa shape index (κ3) is 2.21. The number of rotatable bonds is 1. The number of hydrogen-bond donors (Lipinski definition) is 0. The molecule has 0 aromatic heterocycles. The molecule has 2 aliphatic rings. The lowest BCUT2D eigenvalue weighted by atomic mass is 9.66.